The summed E-state index contributed by atoms with van der Waals surface area (Å²) >= 11 is 0. The second-order valence-electron chi connectivity index (χ2n) is 6.97. The van der Waals surface area contributed by atoms with Crippen LogP contribution in [0.3, 0.4) is 0 Å². The second-order valence-corrected chi connectivity index (χ2v) is 6.97. The number of aryl methyl sites for hydroxylation is 1. The molecular formula is C20H22FN3O3. The molecule has 1 N–H and O–H groups in total. The number of pyridine rings is 1. The van der Waals surface area contributed by atoms with Gasteiger partial charge in [-0.05, 0) is 37.0 Å². The van der Waals surface area contributed by atoms with Gasteiger partial charge >= 0.3 is 0 Å². The molecule has 3 rings (SSSR count). The summed E-state index contributed by atoms with van der Waals surface area (Å²) in [5.74, 6) is -1.01. The molecule has 6 nitrogen and oxygen atoms in total. The molecule has 27 heavy (non-hydrogen) atoms. The molecular weight excluding hydrogens is 349 g/mol. The maximum Gasteiger partial charge on any atom is 0.274 e. The van der Waals surface area contributed by atoms with E-state index in [9.17, 15) is 18.8 Å². The molecule has 0 saturated carbocycles. The average Bonchev–Trinajstić information content (AvgIpc) is 2.65. The molecule has 0 atom stereocenters. The molecule has 1 aliphatic rings. The summed E-state index contributed by atoms with van der Waals surface area (Å²) in [5, 5.41) is 2.43. The van der Waals surface area contributed by atoms with E-state index in [0.717, 1.165) is 12.8 Å². The van der Waals surface area contributed by atoms with Gasteiger partial charge in [0.25, 0.3) is 17.4 Å². The summed E-state index contributed by atoms with van der Waals surface area (Å²) < 4.78 is 15.0. The van der Waals surface area contributed by atoms with E-state index in [1.165, 1.54) is 48.1 Å². The van der Waals surface area contributed by atoms with Crippen LogP contribution in [0.1, 0.15) is 40.5 Å². The van der Waals surface area contributed by atoms with Gasteiger partial charge in [0.1, 0.15) is 11.5 Å². The molecule has 2 heterocycles. The molecule has 1 aromatic heterocycles. The fourth-order valence-electron chi connectivity index (χ4n) is 3.15. The predicted octanol–water partition coefficient (Wildman–Crippen LogP) is 2.65. The first-order valence-electron chi connectivity index (χ1n) is 8.92. The van der Waals surface area contributed by atoms with Crippen LogP contribution >= 0.6 is 0 Å². The van der Waals surface area contributed by atoms with Crippen molar-refractivity contribution < 1.29 is 14.0 Å². The minimum atomic E-state index is -0.735. The van der Waals surface area contributed by atoms with Crippen LogP contribution in [0.4, 0.5) is 10.1 Å². The van der Waals surface area contributed by atoms with Gasteiger partial charge in [-0.25, -0.2) is 4.39 Å². The van der Waals surface area contributed by atoms with E-state index >= 15 is 0 Å². The van der Waals surface area contributed by atoms with Gasteiger partial charge in [-0.2, -0.15) is 0 Å². The molecule has 1 aromatic carbocycles. The monoisotopic (exact) mass is 371 g/mol. The van der Waals surface area contributed by atoms with Crippen LogP contribution in [0.2, 0.25) is 0 Å². The highest BCUT2D eigenvalue weighted by molar-refractivity contribution is 6.05. The number of hydrogen-bond acceptors (Lipinski definition) is 3. The maximum absolute atomic E-state index is 13.8. The minimum absolute atomic E-state index is 0.0537. The molecule has 142 valence electrons. The smallest absolute Gasteiger partial charge is 0.274 e. The fraction of sp³-hybridized carbons (Fsp3) is 0.350. The highest BCUT2D eigenvalue weighted by Gasteiger charge is 2.23. The Kier molecular flexibility index (Phi) is 5.39. The normalized spacial score (nSPS) is 14.9. The predicted molar refractivity (Wildman–Crippen MR) is 100 cm³/mol. The van der Waals surface area contributed by atoms with Gasteiger partial charge in [0.15, 0.2) is 0 Å². The van der Waals surface area contributed by atoms with Crippen molar-refractivity contribution in [2.45, 2.75) is 19.8 Å². The first-order chi connectivity index (χ1) is 12.9. The standard InChI is InChI=1S/C20H22FN3O3/c1-13-7-9-24(10-8-13)19(26)14-11-17(20(27)23(2)12-14)22-18(25)15-5-3-4-6-16(15)21/h3-6,11-13H,7-10H2,1-2H3,(H,22,25). The van der Waals surface area contributed by atoms with Crippen molar-refractivity contribution >= 4 is 17.5 Å². The molecule has 2 aromatic rings. The van der Waals surface area contributed by atoms with Gasteiger partial charge in [-0.3, -0.25) is 14.4 Å². The number of aromatic nitrogens is 1. The third kappa shape index (κ3) is 4.07. The Morgan fingerprint density at radius 1 is 1.19 bits per heavy atom. The third-order valence-electron chi connectivity index (χ3n) is 4.87. The number of amides is 2. The molecule has 7 heteroatoms. The average molecular weight is 371 g/mol. The summed E-state index contributed by atoms with van der Waals surface area (Å²) in [6.07, 6.45) is 3.34. The van der Waals surface area contributed by atoms with Crippen LogP contribution in [-0.2, 0) is 7.05 Å². The summed E-state index contributed by atoms with van der Waals surface area (Å²) in [6.45, 7) is 3.49. The van der Waals surface area contributed by atoms with Crippen molar-refractivity contribution in [2.24, 2.45) is 13.0 Å². The molecule has 0 radical (unpaired) electrons. The van der Waals surface area contributed by atoms with Crippen molar-refractivity contribution in [3.05, 3.63) is 63.8 Å². The van der Waals surface area contributed by atoms with Crippen LogP contribution in [0.25, 0.3) is 0 Å². The number of piperidine rings is 1. The molecule has 0 spiro atoms. The first kappa shape index (κ1) is 18.8. The lowest BCUT2D eigenvalue weighted by Gasteiger charge is -2.30. The van der Waals surface area contributed by atoms with Crippen molar-refractivity contribution in [3.63, 3.8) is 0 Å². The second kappa shape index (κ2) is 7.73. The lowest BCUT2D eigenvalue weighted by Crippen LogP contribution is -2.38. The zero-order valence-corrected chi connectivity index (χ0v) is 15.4. The van der Waals surface area contributed by atoms with Gasteiger partial charge in [0.2, 0.25) is 0 Å². The van der Waals surface area contributed by atoms with Crippen molar-refractivity contribution in [1.29, 1.82) is 0 Å². The number of carbonyl (C=O) groups is 2. The number of carbonyl (C=O) groups excluding carboxylic acids is 2. The van der Waals surface area contributed by atoms with Crippen molar-refractivity contribution in [3.8, 4) is 0 Å². The molecule has 1 saturated heterocycles. The molecule has 1 fully saturated rings. The topological polar surface area (TPSA) is 71.4 Å². The van der Waals surface area contributed by atoms with Gasteiger partial charge < -0.3 is 14.8 Å². The van der Waals surface area contributed by atoms with E-state index in [-0.39, 0.29) is 17.2 Å². The van der Waals surface area contributed by atoms with E-state index < -0.39 is 17.3 Å². The summed E-state index contributed by atoms with van der Waals surface area (Å²) in [6, 6.07) is 6.88. The van der Waals surface area contributed by atoms with Crippen LogP contribution < -0.4 is 10.9 Å². The molecule has 1 aliphatic heterocycles. The van der Waals surface area contributed by atoms with Gasteiger partial charge in [-0.15, -0.1) is 0 Å². The number of hydrogen-bond donors (Lipinski definition) is 1. The number of nitrogens with zero attached hydrogens (tertiary/aromatic N) is 2. The molecule has 2 amide bonds. The first-order valence-corrected chi connectivity index (χ1v) is 8.92. The Labute approximate surface area is 156 Å². The van der Waals surface area contributed by atoms with Crippen LogP contribution in [0.5, 0.6) is 0 Å². The molecule has 0 bridgehead atoms. The third-order valence-corrected chi connectivity index (χ3v) is 4.87. The maximum atomic E-state index is 13.8. The number of anilines is 1. The van der Waals surface area contributed by atoms with E-state index in [1.54, 1.807) is 4.90 Å². The fourth-order valence-corrected chi connectivity index (χ4v) is 3.15. The number of halogens is 1. The highest BCUT2D eigenvalue weighted by atomic mass is 19.1. The Bertz CT molecular complexity index is 930. The molecule has 0 aliphatic carbocycles. The Hall–Kier alpha value is -2.96. The SMILES string of the molecule is CC1CCN(C(=O)c2cc(NC(=O)c3ccccc3F)c(=O)n(C)c2)CC1. The number of rotatable bonds is 3. The van der Waals surface area contributed by atoms with Crippen molar-refractivity contribution in [1.82, 2.24) is 9.47 Å². The van der Waals surface area contributed by atoms with E-state index in [2.05, 4.69) is 12.2 Å². The Balaban J connectivity index is 1.86. The zero-order chi connectivity index (χ0) is 19.6. The van der Waals surface area contributed by atoms with Crippen LogP contribution in [-0.4, -0.2) is 34.4 Å². The zero-order valence-electron chi connectivity index (χ0n) is 15.4. The quantitative estimate of drug-likeness (QED) is 0.902. The minimum Gasteiger partial charge on any atom is -0.339 e. The van der Waals surface area contributed by atoms with E-state index in [1.807, 2.05) is 0 Å². The largest absolute Gasteiger partial charge is 0.339 e. The highest BCUT2D eigenvalue weighted by Crippen LogP contribution is 2.19. The number of likely N-dealkylation sites (tertiary alicyclic amines) is 1. The summed E-state index contributed by atoms with van der Waals surface area (Å²) in [7, 11) is 1.51. The number of nitrogens with one attached hydrogen (secondary N) is 1. The number of benzene rings is 1. The van der Waals surface area contributed by atoms with E-state index in [4.69, 9.17) is 0 Å². The van der Waals surface area contributed by atoms with Crippen molar-refractivity contribution in [2.75, 3.05) is 18.4 Å². The van der Waals surface area contributed by atoms with Crippen LogP contribution in [0, 0.1) is 11.7 Å². The van der Waals surface area contributed by atoms with Gasteiger partial charge in [-0.1, -0.05) is 19.1 Å². The lowest BCUT2D eigenvalue weighted by molar-refractivity contribution is 0.0696. The lowest BCUT2D eigenvalue weighted by atomic mass is 9.99. The van der Waals surface area contributed by atoms with Gasteiger partial charge in [0.05, 0.1) is 11.1 Å². The van der Waals surface area contributed by atoms with Crippen LogP contribution in [0.15, 0.2) is 41.3 Å². The van der Waals surface area contributed by atoms with E-state index in [0.29, 0.717) is 24.6 Å². The summed E-state index contributed by atoms with van der Waals surface area (Å²) in [4.78, 5) is 39.2. The Morgan fingerprint density at radius 3 is 2.52 bits per heavy atom. The molecule has 0 unspecified atom stereocenters. The Morgan fingerprint density at radius 2 is 1.85 bits per heavy atom. The summed E-state index contributed by atoms with van der Waals surface area (Å²) in [5.41, 5.74) is -0.373. The van der Waals surface area contributed by atoms with Gasteiger partial charge in [0, 0.05) is 26.3 Å².